The number of aliphatic hydroxyl groups excluding tert-OH is 1. The topological polar surface area (TPSA) is 97.3 Å². The molecule has 0 fully saturated rings. The molecule has 0 saturated heterocycles. The van der Waals surface area contributed by atoms with Gasteiger partial charge in [0.1, 0.15) is 5.75 Å². The summed E-state index contributed by atoms with van der Waals surface area (Å²) in [5.41, 5.74) is 6.82. The Morgan fingerprint density at radius 1 is 1.14 bits per heavy atom. The largest absolute Gasteiger partial charge is 0.493 e. The molecular formula is C15H16N2O4. The molecule has 0 bridgehead atoms. The number of nitrogens with two attached hydrogens (primary N) is 1. The van der Waals surface area contributed by atoms with Crippen molar-refractivity contribution < 1.29 is 19.8 Å². The summed E-state index contributed by atoms with van der Waals surface area (Å²) in [6, 6.07) is 11.9. The van der Waals surface area contributed by atoms with Gasteiger partial charge in [-0.15, -0.1) is 0 Å². The van der Waals surface area contributed by atoms with Crippen molar-refractivity contribution in [3.8, 4) is 17.2 Å². The summed E-state index contributed by atoms with van der Waals surface area (Å²) in [5.74, 6) is 1.68. The second-order valence-corrected chi connectivity index (χ2v) is 4.26. The molecule has 0 spiro atoms. The molecule has 0 saturated carbocycles. The summed E-state index contributed by atoms with van der Waals surface area (Å²) < 4.78 is 10.9. The van der Waals surface area contributed by atoms with Crippen LogP contribution in [0, 0.1) is 0 Å². The van der Waals surface area contributed by atoms with E-state index in [0.29, 0.717) is 22.8 Å². The first kappa shape index (κ1) is 14.7. The van der Waals surface area contributed by atoms with Crippen LogP contribution in [0.25, 0.3) is 0 Å². The molecule has 0 heterocycles. The zero-order valence-electron chi connectivity index (χ0n) is 11.5. The summed E-state index contributed by atoms with van der Waals surface area (Å²) in [6.07, 6.45) is 0. The summed E-state index contributed by atoms with van der Waals surface area (Å²) in [7, 11) is 1.53. The lowest BCUT2D eigenvalue weighted by Gasteiger charge is -2.11. The number of hydrogen-bond donors (Lipinski definition) is 3. The number of oxime groups is 1. The Morgan fingerprint density at radius 3 is 2.43 bits per heavy atom. The quantitative estimate of drug-likeness (QED) is 0.339. The van der Waals surface area contributed by atoms with Gasteiger partial charge in [0.15, 0.2) is 17.3 Å². The Labute approximate surface area is 122 Å². The molecule has 0 aliphatic carbocycles. The van der Waals surface area contributed by atoms with Gasteiger partial charge in [0.25, 0.3) is 0 Å². The summed E-state index contributed by atoms with van der Waals surface area (Å²) >= 11 is 0. The molecule has 0 radical (unpaired) electrons. The third-order valence-corrected chi connectivity index (χ3v) is 2.90. The van der Waals surface area contributed by atoms with E-state index in [0.717, 1.165) is 5.56 Å². The molecule has 0 aliphatic heterocycles. The van der Waals surface area contributed by atoms with E-state index in [1.807, 2.05) is 0 Å². The van der Waals surface area contributed by atoms with Gasteiger partial charge in [-0.2, -0.15) is 0 Å². The molecule has 110 valence electrons. The average Bonchev–Trinajstić information content (AvgIpc) is 2.55. The van der Waals surface area contributed by atoms with Crippen molar-refractivity contribution in [2.24, 2.45) is 10.9 Å². The first-order valence-electron chi connectivity index (χ1n) is 6.21. The number of aliphatic hydroxyl groups is 1. The lowest BCUT2D eigenvalue weighted by atomic mass is 10.2. The van der Waals surface area contributed by atoms with E-state index in [2.05, 4.69) is 5.16 Å². The maximum absolute atomic E-state index is 9.10. The second kappa shape index (κ2) is 6.62. The average molecular weight is 288 g/mol. The van der Waals surface area contributed by atoms with Crippen LogP contribution in [0.3, 0.4) is 0 Å². The predicted octanol–water partition coefficient (Wildman–Crippen LogP) is 2.07. The van der Waals surface area contributed by atoms with Gasteiger partial charge in [-0.05, 0) is 42.0 Å². The van der Waals surface area contributed by atoms with Crippen LogP contribution in [0.2, 0.25) is 0 Å². The number of benzene rings is 2. The minimum absolute atomic E-state index is 0.0337. The van der Waals surface area contributed by atoms with E-state index in [-0.39, 0.29) is 12.4 Å². The van der Waals surface area contributed by atoms with E-state index >= 15 is 0 Å². The highest BCUT2D eigenvalue weighted by molar-refractivity contribution is 5.97. The van der Waals surface area contributed by atoms with Crippen LogP contribution in [0.5, 0.6) is 17.2 Å². The number of nitrogens with zero attached hydrogens (tertiary/aromatic N) is 1. The number of rotatable bonds is 5. The van der Waals surface area contributed by atoms with Gasteiger partial charge in [0, 0.05) is 5.56 Å². The van der Waals surface area contributed by atoms with Crippen molar-refractivity contribution in [1.82, 2.24) is 0 Å². The fraction of sp³-hybridized carbons (Fsp3) is 0.133. The van der Waals surface area contributed by atoms with Gasteiger partial charge in [-0.25, -0.2) is 0 Å². The molecule has 6 nitrogen and oxygen atoms in total. The van der Waals surface area contributed by atoms with Gasteiger partial charge in [0.2, 0.25) is 0 Å². The summed E-state index contributed by atoms with van der Waals surface area (Å²) in [4.78, 5) is 0. The van der Waals surface area contributed by atoms with Crippen LogP contribution >= 0.6 is 0 Å². The minimum Gasteiger partial charge on any atom is -0.493 e. The van der Waals surface area contributed by atoms with Crippen molar-refractivity contribution in [2.45, 2.75) is 6.61 Å². The van der Waals surface area contributed by atoms with Crippen LogP contribution in [-0.2, 0) is 6.61 Å². The Hall–Kier alpha value is -2.73. The van der Waals surface area contributed by atoms with Crippen LogP contribution < -0.4 is 15.2 Å². The molecule has 2 rings (SSSR count). The van der Waals surface area contributed by atoms with E-state index in [1.54, 1.807) is 42.5 Å². The van der Waals surface area contributed by atoms with Crippen molar-refractivity contribution in [3.05, 3.63) is 53.6 Å². The highest BCUT2D eigenvalue weighted by Crippen LogP contribution is 2.32. The van der Waals surface area contributed by atoms with E-state index in [9.17, 15) is 0 Å². The Balaban J connectivity index is 2.22. The van der Waals surface area contributed by atoms with E-state index in [1.165, 1.54) is 7.11 Å². The molecule has 0 unspecified atom stereocenters. The fourth-order valence-electron chi connectivity index (χ4n) is 1.77. The maximum atomic E-state index is 9.10. The Kier molecular flexibility index (Phi) is 4.63. The van der Waals surface area contributed by atoms with Crippen molar-refractivity contribution in [2.75, 3.05) is 7.11 Å². The molecule has 4 N–H and O–H groups in total. The molecule has 2 aromatic carbocycles. The zero-order valence-corrected chi connectivity index (χ0v) is 11.5. The van der Waals surface area contributed by atoms with Crippen molar-refractivity contribution >= 4 is 5.84 Å². The monoisotopic (exact) mass is 288 g/mol. The molecule has 0 aromatic heterocycles. The first-order valence-corrected chi connectivity index (χ1v) is 6.21. The molecule has 0 amide bonds. The minimum atomic E-state index is -0.0644. The summed E-state index contributed by atoms with van der Waals surface area (Å²) in [6.45, 7) is -0.0644. The third kappa shape index (κ3) is 3.43. The SMILES string of the molecule is COc1cc(CO)ccc1Oc1ccc(/C(N)=N/O)cc1. The summed E-state index contributed by atoms with van der Waals surface area (Å²) in [5, 5.41) is 20.6. The molecule has 6 heteroatoms. The lowest BCUT2D eigenvalue weighted by Crippen LogP contribution is -2.12. The van der Waals surface area contributed by atoms with E-state index in [4.69, 9.17) is 25.5 Å². The third-order valence-electron chi connectivity index (χ3n) is 2.90. The van der Waals surface area contributed by atoms with E-state index < -0.39 is 0 Å². The molecule has 21 heavy (non-hydrogen) atoms. The Bertz CT molecular complexity index is 639. The molecule has 0 aliphatic rings. The van der Waals surface area contributed by atoms with Gasteiger partial charge < -0.3 is 25.5 Å². The maximum Gasteiger partial charge on any atom is 0.170 e. The smallest absolute Gasteiger partial charge is 0.170 e. The van der Waals surface area contributed by atoms with Crippen molar-refractivity contribution in [3.63, 3.8) is 0 Å². The fourth-order valence-corrected chi connectivity index (χ4v) is 1.77. The van der Waals surface area contributed by atoms with Crippen LogP contribution in [0.15, 0.2) is 47.6 Å². The second-order valence-electron chi connectivity index (χ2n) is 4.26. The van der Waals surface area contributed by atoms with Crippen LogP contribution in [-0.4, -0.2) is 23.3 Å². The lowest BCUT2D eigenvalue weighted by molar-refractivity contribution is 0.280. The molecule has 0 atom stereocenters. The van der Waals surface area contributed by atoms with Crippen LogP contribution in [0.4, 0.5) is 0 Å². The molecule has 2 aromatic rings. The zero-order chi connectivity index (χ0) is 15.2. The Morgan fingerprint density at radius 2 is 1.86 bits per heavy atom. The normalized spacial score (nSPS) is 11.2. The highest BCUT2D eigenvalue weighted by atomic mass is 16.5. The number of ether oxygens (including phenoxy) is 2. The molecular weight excluding hydrogens is 272 g/mol. The predicted molar refractivity (Wildman–Crippen MR) is 77.9 cm³/mol. The van der Waals surface area contributed by atoms with Crippen LogP contribution in [0.1, 0.15) is 11.1 Å². The van der Waals surface area contributed by atoms with Gasteiger partial charge in [0.05, 0.1) is 13.7 Å². The first-order chi connectivity index (χ1) is 10.2. The highest BCUT2D eigenvalue weighted by Gasteiger charge is 2.07. The van der Waals surface area contributed by atoms with Crippen molar-refractivity contribution in [1.29, 1.82) is 0 Å². The standard InChI is InChI=1S/C15H16N2O4/c1-20-14-8-10(9-18)2-7-13(14)21-12-5-3-11(4-6-12)15(16)17-19/h2-8,18-19H,9H2,1H3,(H2,16,17). The van der Waals surface area contributed by atoms with Gasteiger partial charge in [-0.3, -0.25) is 0 Å². The van der Waals surface area contributed by atoms with Gasteiger partial charge in [-0.1, -0.05) is 11.2 Å². The number of hydrogen-bond acceptors (Lipinski definition) is 5. The number of methoxy groups -OCH3 is 1. The number of amidine groups is 1. The van der Waals surface area contributed by atoms with Gasteiger partial charge >= 0.3 is 0 Å².